The van der Waals surface area contributed by atoms with Crippen molar-refractivity contribution >= 4 is 11.6 Å². The molecule has 1 heterocycles. The first-order chi connectivity index (χ1) is 8.75. The second-order valence-electron chi connectivity index (χ2n) is 4.44. The van der Waals surface area contributed by atoms with Crippen LogP contribution in [-0.2, 0) is 16.2 Å². The highest BCUT2D eigenvalue weighted by atomic mass is 16.6. The predicted octanol–water partition coefficient (Wildman–Crippen LogP) is 0.793. The number of nitrogens with zero attached hydrogens (tertiary/aromatic N) is 1. The second kappa shape index (κ2) is 6.37. The first-order valence-electron chi connectivity index (χ1n) is 6.22. The Morgan fingerprint density at radius 2 is 1.94 bits per heavy atom. The number of hydroxylamine groups is 1. The number of carbonyl (C=O) groups excluding carboxylic acids is 1. The zero-order valence-corrected chi connectivity index (χ0v) is 10.4. The molecule has 0 saturated carbocycles. The second-order valence-corrected chi connectivity index (χ2v) is 4.44. The minimum atomic E-state index is -0.480. The van der Waals surface area contributed by atoms with Crippen LogP contribution in [0.2, 0.25) is 0 Å². The van der Waals surface area contributed by atoms with Crippen LogP contribution in [0.4, 0.5) is 5.69 Å². The van der Waals surface area contributed by atoms with E-state index >= 15 is 0 Å². The predicted molar refractivity (Wildman–Crippen MR) is 69.9 cm³/mol. The van der Waals surface area contributed by atoms with Crippen molar-refractivity contribution in [3.8, 4) is 0 Å². The van der Waals surface area contributed by atoms with Crippen LogP contribution in [0.3, 0.4) is 0 Å². The smallest absolute Gasteiger partial charge is 0.245 e. The molecule has 0 bridgehead atoms. The number of hydrogen-bond donors (Lipinski definition) is 2. The third-order valence-corrected chi connectivity index (χ3v) is 3.00. The van der Waals surface area contributed by atoms with Gasteiger partial charge in [0.15, 0.2) is 0 Å². The largest absolute Gasteiger partial charge is 0.372 e. The van der Waals surface area contributed by atoms with Crippen LogP contribution in [0.1, 0.15) is 18.4 Å². The van der Waals surface area contributed by atoms with Crippen molar-refractivity contribution in [2.24, 2.45) is 5.73 Å². The van der Waals surface area contributed by atoms with Crippen molar-refractivity contribution in [3.63, 3.8) is 0 Å². The molecular formula is C13H19N3O2. The van der Waals surface area contributed by atoms with E-state index in [4.69, 9.17) is 10.6 Å². The van der Waals surface area contributed by atoms with Crippen molar-refractivity contribution in [1.82, 2.24) is 5.48 Å². The molecular weight excluding hydrogens is 230 g/mol. The summed E-state index contributed by atoms with van der Waals surface area (Å²) in [5, 5.41) is 0. The molecule has 0 aromatic heterocycles. The Bertz CT molecular complexity index is 386. The fourth-order valence-electron chi connectivity index (χ4n) is 2.06. The van der Waals surface area contributed by atoms with Gasteiger partial charge in [0.2, 0.25) is 5.91 Å². The Kier molecular flexibility index (Phi) is 4.55. The molecule has 0 unspecified atom stereocenters. The lowest BCUT2D eigenvalue weighted by Crippen LogP contribution is -2.24. The van der Waals surface area contributed by atoms with Gasteiger partial charge in [-0.25, -0.2) is 0 Å². The van der Waals surface area contributed by atoms with Crippen LogP contribution in [0, 0.1) is 0 Å². The highest BCUT2D eigenvalue weighted by Gasteiger charge is 2.11. The maximum absolute atomic E-state index is 10.5. The summed E-state index contributed by atoms with van der Waals surface area (Å²) in [7, 11) is 0. The van der Waals surface area contributed by atoms with Gasteiger partial charge < -0.3 is 10.6 Å². The molecule has 1 amide bonds. The number of nitrogens with one attached hydrogen (secondary N) is 1. The normalized spacial score (nSPS) is 15.0. The lowest BCUT2D eigenvalue weighted by Gasteiger charge is -2.17. The Morgan fingerprint density at radius 1 is 1.28 bits per heavy atom. The highest BCUT2D eigenvalue weighted by Crippen LogP contribution is 2.20. The van der Waals surface area contributed by atoms with Crippen LogP contribution in [0.5, 0.6) is 0 Å². The minimum Gasteiger partial charge on any atom is -0.372 e. The average Bonchev–Trinajstić information content (AvgIpc) is 2.89. The zero-order chi connectivity index (χ0) is 12.8. The molecule has 0 aliphatic carbocycles. The molecule has 1 aromatic carbocycles. The number of benzene rings is 1. The summed E-state index contributed by atoms with van der Waals surface area (Å²) in [6, 6.07) is 8.37. The molecule has 0 spiro atoms. The van der Waals surface area contributed by atoms with E-state index < -0.39 is 5.91 Å². The number of rotatable bonds is 6. The monoisotopic (exact) mass is 249 g/mol. The van der Waals surface area contributed by atoms with Crippen LogP contribution in [0.15, 0.2) is 24.3 Å². The third kappa shape index (κ3) is 3.72. The van der Waals surface area contributed by atoms with Crippen molar-refractivity contribution < 1.29 is 9.63 Å². The fraction of sp³-hybridized carbons (Fsp3) is 0.462. The van der Waals surface area contributed by atoms with E-state index in [1.165, 1.54) is 18.5 Å². The summed E-state index contributed by atoms with van der Waals surface area (Å²) in [5.41, 5.74) is 10.0. The van der Waals surface area contributed by atoms with Gasteiger partial charge in [-0.1, -0.05) is 12.1 Å². The minimum absolute atomic E-state index is 0.105. The van der Waals surface area contributed by atoms with Gasteiger partial charge in [-0.15, -0.1) is 0 Å². The van der Waals surface area contributed by atoms with E-state index in [9.17, 15) is 4.79 Å². The Balaban J connectivity index is 1.78. The van der Waals surface area contributed by atoms with Gasteiger partial charge in [-0.05, 0) is 30.5 Å². The molecule has 1 aliphatic rings. The van der Waals surface area contributed by atoms with Crippen molar-refractivity contribution in [2.45, 2.75) is 19.4 Å². The number of anilines is 1. The van der Waals surface area contributed by atoms with Crippen LogP contribution < -0.4 is 16.1 Å². The van der Waals surface area contributed by atoms with Crippen molar-refractivity contribution in [3.05, 3.63) is 29.8 Å². The van der Waals surface area contributed by atoms with Gasteiger partial charge in [0.05, 0.1) is 0 Å². The highest BCUT2D eigenvalue weighted by molar-refractivity contribution is 5.74. The van der Waals surface area contributed by atoms with E-state index in [1.54, 1.807) is 0 Å². The molecule has 0 radical (unpaired) electrons. The molecule has 5 heteroatoms. The summed E-state index contributed by atoms with van der Waals surface area (Å²) in [4.78, 5) is 17.7. The Morgan fingerprint density at radius 3 is 2.56 bits per heavy atom. The topological polar surface area (TPSA) is 67.6 Å². The summed E-state index contributed by atoms with van der Waals surface area (Å²) in [5.74, 6) is -0.480. The van der Waals surface area contributed by atoms with E-state index in [0.717, 1.165) is 18.7 Å². The molecule has 1 aliphatic heterocycles. The number of carbonyl (C=O) groups is 1. The quantitative estimate of drug-likeness (QED) is 0.578. The molecule has 98 valence electrons. The van der Waals surface area contributed by atoms with Crippen LogP contribution in [-0.4, -0.2) is 25.6 Å². The molecule has 3 N–H and O–H groups in total. The maximum atomic E-state index is 10.5. The molecule has 2 rings (SSSR count). The summed E-state index contributed by atoms with van der Waals surface area (Å²) in [6.07, 6.45) is 2.56. The molecule has 0 atom stereocenters. The molecule has 1 saturated heterocycles. The fourth-order valence-corrected chi connectivity index (χ4v) is 2.06. The van der Waals surface area contributed by atoms with Gasteiger partial charge in [-0.3, -0.25) is 9.63 Å². The average molecular weight is 249 g/mol. The van der Waals surface area contributed by atoms with Gasteiger partial charge in [0.25, 0.3) is 0 Å². The van der Waals surface area contributed by atoms with Gasteiger partial charge in [0, 0.05) is 25.3 Å². The molecule has 18 heavy (non-hydrogen) atoms. The number of nitrogens with two attached hydrogens (primary N) is 1. The van der Waals surface area contributed by atoms with Crippen molar-refractivity contribution in [2.75, 3.05) is 24.6 Å². The summed E-state index contributed by atoms with van der Waals surface area (Å²) >= 11 is 0. The standard InChI is InChI=1S/C13H19N3O2/c14-13(17)10-18-15-9-11-3-5-12(6-4-11)16-7-1-2-8-16/h3-6,15H,1-2,7-10H2,(H2,14,17). The van der Waals surface area contributed by atoms with E-state index in [0.29, 0.717) is 6.54 Å². The van der Waals surface area contributed by atoms with Gasteiger partial charge in [-0.2, -0.15) is 5.48 Å². The van der Waals surface area contributed by atoms with Gasteiger partial charge in [0.1, 0.15) is 6.61 Å². The molecule has 1 aromatic rings. The van der Waals surface area contributed by atoms with Crippen molar-refractivity contribution in [1.29, 1.82) is 0 Å². The first-order valence-corrected chi connectivity index (χ1v) is 6.22. The van der Waals surface area contributed by atoms with Crippen LogP contribution in [0.25, 0.3) is 0 Å². The number of amides is 1. The van der Waals surface area contributed by atoms with Crippen LogP contribution >= 0.6 is 0 Å². The Hall–Kier alpha value is -1.59. The van der Waals surface area contributed by atoms with E-state index in [-0.39, 0.29) is 6.61 Å². The van der Waals surface area contributed by atoms with E-state index in [2.05, 4.69) is 34.6 Å². The lowest BCUT2D eigenvalue weighted by atomic mass is 10.2. The number of primary amides is 1. The SMILES string of the molecule is NC(=O)CONCc1ccc(N2CCCC2)cc1. The summed E-state index contributed by atoms with van der Waals surface area (Å²) in [6.45, 7) is 2.76. The third-order valence-electron chi connectivity index (χ3n) is 3.00. The molecule has 1 fully saturated rings. The number of hydrogen-bond acceptors (Lipinski definition) is 4. The lowest BCUT2D eigenvalue weighted by molar-refractivity contribution is -0.125. The first kappa shape index (κ1) is 12.9. The molecule has 5 nitrogen and oxygen atoms in total. The zero-order valence-electron chi connectivity index (χ0n) is 10.4. The Labute approximate surface area is 107 Å². The van der Waals surface area contributed by atoms with Gasteiger partial charge >= 0.3 is 0 Å². The van der Waals surface area contributed by atoms with E-state index in [1.807, 2.05) is 0 Å². The summed E-state index contributed by atoms with van der Waals surface area (Å²) < 4.78 is 0. The maximum Gasteiger partial charge on any atom is 0.245 e.